The minimum atomic E-state index is -1.29. The number of amides is 1. The molecule has 110 valence electrons. The van der Waals surface area contributed by atoms with Gasteiger partial charge in [0, 0.05) is 12.6 Å². The molecule has 2 unspecified atom stereocenters. The summed E-state index contributed by atoms with van der Waals surface area (Å²) in [6.07, 6.45) is 3.55. The number of hydrogen-bond acceptors (Lipinski definition) is 4. The van der Waals surface area contributed by atoms with Gasteiger partial charge in [-0.1, -0.05) is 36.4 Å². The second kappa shape index (κ2) is 6.37. The molecule has 2 rings (SSSR count). The molecule has 0 saturated heterocycles. The Kier molecular flexibility index (Phi) is 4.55. The SMILES string of the molecule is C=CCC1(C(N)=O)NC=CC(=O)C1OCc1ccccc1. The number of ether oxygens (including phenoxy) is 1. The summed E-state index contributed by atoms with van der Waals surface area (Å²) in [4.78, 5) is 24.0. The van der Waals surface area contributed by atoms with Crippen LogP contribution in [0.15, 0.2) is 55.3 Å². The molecule has 0 spiro atoms. The number of nitrogens with one attached hydrogen (secondary N) is 1. The Hall–Kier alpha value is -2.40. The molecule has 1 aromatic rings. The van der Waals surface area contributed by atoms with E-state index in [9.17, 15) is 9.59 Å². The van der Waals surface area contributed by atoms with Gasteiger partial charge in [0.2, 0.25) is 5.91 Å². The van der Waals surface area contributed by atoms with E-state index in [1.165, 1.54) is 12.3 Å². The molecule has 5 heteroatoms. The lowest BCUT2D eigenvalue weighted by atomic mass is 9.83. The maximum absolute atomic E-state index is 12.1. The van der Waals surface area contributed by atoms with Crippen molar-refractivity contribution in [2.45, 2.75) is 24.7 Å². The number of rotatable bonds is 6. The van der Waals surface area contributed by atoms with E-state index < -0.39 is 17.6 Å². The van der Waals surface area contributed by atoms with Crippen molar-refractivity contribution in [1.82, 2.24) is 5.32 Å². The van der Waals surface area contributed by atoms with Crippen LogP contribution in [0, 0.1) is 0 Å². The molecule has 3 N–H and O–H groups in total. The minimum absolute atomic E-state index is 0.206. The number of primary amides is 1. The maximum Gasteiger partial charge on any atom is 0.246 e. The van der Waals surface area contributed by atoms with Gasteiger partial charge < -0.3 is 15.8 Å². The molecule has 0 radical (unpaired) electrons. The number of carbonyl (C=O) groups excluding carboxylic acids is 2. The molecular weight excluding hydrogens is 268 g/mol. The van der Waals surface area contributed by atoms with Crippen LogP contribution in [0.2, 0.25) is 0 Å². The third-order valence-corrected chi connectivity index (χ3v) is 3.46. The van der Waals surface area contributed by atoms with E-state index >= 15 is 0 Å². The first-order valence-electron chi connectivity index (χ1n) is 6.64. The number of ketones is 1. The van der Waals surface area contributed by atoms with E-state index in [0.717, 1.165) is 5.56 Å². The summed E-state index contributed by atoms with van der Waals surface area (Å²) in [5.41, 5.74) is 5.12. The van der Waals surface area contributed by atoms with E-state index in [2.05, 4.69) is 11.9 Å². The maximum atomic E-state index is 12.1. The Labute approximate surface area is 123 Å². The molecular formula is C16H18N2O3. The molecule has 0 aromatic heterocycles. The second-order valence-electron chi connectivity index (χ2n) is 4.89. The lowest BCUT2D eigenvalue weighted by molar-refractivity contribution is -0.144. The van der Waals surface area contributed by atoms with Gasteiger partial charge in [0.1, 0.15) is 0 Å². The number of carbonyl (C=O) groups is 2. The molecule has 1 heterocycles. The fraction of sp³-hybridized carbons (Fsp3) is 0.250. The standard InChI is InChI=1S/C16H18N2O3/c1-2-9-16(15(17)20)14(13(19)8-10-18-16)21-11-12-6-4-3-5-7-12/h2-8,10,14,18H,1,9,11H2,(H2,17,20). The van der Waals surface area contributed by atoms with Crippen LogP contribution in [-0.4, -0.2) is 23.3 Å². The van der Waals surface area contributed by atoms with Crippen molar-refractivity contribution >= 4 is 11.7 Å². The summed E-state index contributed by atoms with van der Waals surface area (Å²) in [7, 11) is 0. The summed E-state index contributed by atoms with van der Waals surface area (Å²) < 4.78 is 5.70. The molecule has 1 aromatic carbocycles. The molecule has 0 saturated carbocycles. The van der Waals surface area contributed by atoms with Crippen LogP contribution in [0.3, 0.4) is 0 Å². The van der Waals surface area contributed by atoms with Gasteiger partial charge in [-0.15, -0.1) is 6.58 Å². The quantitative estimate of drug-likeness (QED) is 0.766. The topological polar surface area (TPSA) is 81.4 Å². The van der Waals surface area contributed by atoms with E-state index in [1.807, 2.05) is 30.3 Å². The average Bonchev–Trinajstić information content (AvgIpc) is 2.47. The predicted molar refractivity (Wildman–Crippen MR) is 79.0 cm³/mol. The van der Waals surface area contributed by atoms with E-state index in [0.29, 0.717) is 0 Å². The van der Waals surface area contributed by atoms with Gasteiger partial charge in [-0.25, -0.2) is 0 Å². The van der Waals surface area contributed by atoms with Crippen molar-refractivity contribution < 1.29 is 14.3 Å². The molecule has 0 bridgehead atoms. The van der Waals surface area contributed by atoms with Crippen molar-refractivity contribution in [3.8, 4) is 0 Å². The smallest absolute Gasteiger partial charge is 0.246 e. The zero-order valence-electron chi connectivity index (χ0n) is 11.6. The zero-order valence-corrected chi connectivity index (χ0v) is 11.6. The highest BCUT2D eigenvalue weighted by molar-refractivity contribution is 6.02. The number of nitrogens with two attached hydrogens (primary N) is 1. The Morgan fingerprint density at radius 1 is 1.43 bits per heavy atom. The molecule has 5 nitrogen and oxygen atoms in total. The van der Waals surface area contributed by atoms with E-state index in [4.69, 9.17) is 10.5 Å². The van der Waals surface area contributed by atoms with Crippen LogP contribution in [0.1, 0.15) is 12.0 Å². The highest BCUT2D eigenvalue weighted by Crippen LogP contribution is 2.24. The molecule has 0 aliphatic carbocycles. The van der Waals surface area contributed by atoms with Crippen LogP contribution in [0.4, 0.5) is 0 Å². The predicted octanol–water partition coefficient (Wildman–Crippen LogP) is 1.06. The summed E-state index contributed by atoms with van der Waals surface area (Å²) in [5.74, 6) is -0.927. The number of hydrogen-bond donors (Lipinski definition) is 2. The summed E-state index contributed by atoms with van der Waals surface area (Å²) >= 11 is 0. The van der Waals surface area contributed by atoms with Gasteiger partial charge in [0.05, 0.1) is 6.61 Å². The number of benzene rings is 1. The van der Waals surface area contributed by atoms with Crippen molar-refractivity contribution in [3.63, 3.8) is 0 Å². The van der Waals surface area contributed by atoms with Gasteiger partial charge >= 0.3 is 0 Å². The molecule has 1 amide bonds. The Morgan fingerprint density at radius 3 is 2.76 bits per heavy atom. The van der Waals surface area contributed by atoms with Gasteiger partial charge in [0.25, 0.3) is 0 Å². The summed E-state index contributed by atoms with van der Waals surface area (Å²) in [6.45, 7) is 3.84. The van der Waals surface area contributed by atoms with E-state index in [1.54, 1.807) is 6.08 Å². The zero-order chi connectivity index (χ0) is 15.3. The fourth-order valence-electron chi connectivity index (χ4n) is 2.35. The monoisotopic (exact) mass is 286 g/mol. The van der Waals surface area contributed by atoms with Crippen LogP contribution in [-0.2, 0) is 20.9 Å². The highest BCUT2D eigenvalue weighted by atomic mass is 16.5. The van der Waals surface area contributed by atoms with Crippen LogP contribution in [0.25, 0.3) is 0 Å². The average molecular weight is 286 g/mol. The molecule has 21 heavy (non-hydrogen) atoms. The third kappa shape index (κ3) is 3.03. The van der Waals surface area contributed by atoms with Crippen LogP contribution >= 0.6 is 0 Å². The van der Waals surface area contributed by atoms with Crippen molar-refractivity contribution in [2.24, 2.45) is 5.73 Å². The first kappa shape index (κ1) is 15.0. The first-order valence-corrected chi connectivity index (χ1v) is 6.64. The lowest BCUT2D eigenvalue weighted by Gasteiger charge is -2.38. The largest absolute Gasteiger partial charge is 0.374 e. The minimum Gasteiger partial charge on any atom is -0.374 e. The second-order valence-corrected chi connectivity index (χ2v) is 4.89. The molecule has 1 aliphatic rings. The molecule has 0 fully saturated rings. The summed E-state index contributed by atoms with van der Waals surface area (Å²) in [6, 6.07) is 9.42. The van der Waals surface area contributed by atoms with Crippen LogP contribution < -0.4 is 11.1 Å². The fourth-order valence-corrected chi connectivity index (χ4v) is 2.35. The van der Waals surface area contributed by atoms with Gasteiger partial charge in [0.15, 0.2) is 17.4 Å². The Morgan fingerprint density at radius 2 is 2.14 bits per heavy atom. The van der Waals surface area contributed by atoms with Crippen molar-refractivity contribution in [3.05, 3.63) is 60.8 Å². The Balaban J connectivity index is 2.23. The van der Waals surface area contributed by atoms with E-state index in [-0.39, 0.29) is 18.8 Å². The van der Waals surface area contributed by atoms with Gasteiger partial charge in [-0.3, -0.25) is 9.59 Å². The van der Waals surface area contributed by atoms with Crippen LogP contribution in [0.5, 0.6) is 0 Å². The Bertz CT molecular complexity index is 568. The lowest BCUT2D eigenvalue weighted by Crippen LogP contribution is -2.65. The van der Waals surface area contributed by atoms with Crippen molar-refractivity contribution in [1.29, 1.82) is 0 Å². The highest BCUT2D eigenvalue weighted by Gasteiger charge is 2.48. The van der Waals surface area contributed by atoms with Gasteiger partial charge in [-0.05, 0) is 11.6 Å². The van der Waals surface area contributed by atoms with Gasteiger partial charge in [-0.2, -0.15) is 0 Å². The third-order valence-electron chi connectivity index (χ3n) is 3.46. The normalized spacial score (nSPS) is 24.4. The summed E-state index contributed by atoms with van der Waals surface area (Å²) in [5, 5.41) is 2.88. The molecule has 2 atom stereocenters. The first-order chi connectivity index (χ1) is 10.1. The van der Waals surface area contributed by atoms with Crippen molar-refractivity contribution in [2.75, 3.05) is 0 Å². The molecule has 1 aliphatic heterocycles.